The normalized spacial score (nSPS) is 12.9. The van der Waals surface area contributed by atoms with Crippen molar-refractivity contribution in [2.24, 2.45) is 5.92 Å². The maximum absolute atomic E-state index is 12.2. The van der Waals surface area contributed by atoms with E-state index in [-0.39, 0.29) is 17.9 Å². The summed E-state index contributed by atoms with van der Waals surface area (Å²) in [6.45, 7) is 11.2. The standard InChI is InChI=1S/C16H28N2OS/c1-5-13(6-2)16(19)17-11-15(18(7-3)8-4)14-9-10-20-12-14/h9-10,12-13,15H,5-8,11H2,1-4H3,(H,17,19). The fraction of sp³-hybridized carbons (Fsp3) is 0.688. The highest BCUT2D eigenvalue weighted by atomic mass is 32.1. The van der Waals surface area contributed by atoms with E-state index >= 15 is 0 Å². The third-order valence-corrected chi connectivity index (χ3v) is 4.71. The molecular formula is C16H28N2OS. The maximum Gasteiger partial charge on any atom is 0.223 e. The minimum Gasteiger partial charge on any atom is -0.354 e. The van der Waals surface area contributed by atoms with Crippen molar-refractivity contribution in [3.8, 4) is 0 Å². The number of likely N-dealkylation sites (N-methyl/N-ethyl adjacent to an activating group) is 1. The molecule has 0 radical (unpaired) electrons. The van der Waals surface area contributed by atoms with Gasteiger partial charge in [0.2, 0.25) is 5.91 Å². The molecule has 1 aromatic rings. The van der Waals surface area contributed by atoms with Crippen LogP contribution in [0.2, 0.25) is 0 Å². The lowest BCUT2D eigenvalue weighted by molar-refractivity contribution is -0.125. The summed E-state index contributed by atoms with van der Waals surface area (Å²) in [5, 5.41) is 7.44. The number of carbonyl (C=O) groups excluding carboxylic acids is 1. The number of amides is 1. The van der Waals surface area contributed by atoms with E-state index in [0.717, 1.165) is 25.9 Å². The fourth-order valence-corrected chi connectivity index (χ4v) is 3.29. The van der Waals surface area contributed by atoms with Gasteiger partial charge in [-0.25, -0.2) is 0 Å². The molecule has 1 N–H and O–H groups in total. The second kappa shape index (κ2) is 9.14. The molecule has 4 heteroatoms. The van der Waals surface area contributed by atoms with E-state index in [4.69, 9.17) is 0 Å². The first-order chi connectivity index (χ1) is 9.67. The quantitative estimate of drug-likeness (QED) is 0.754. The number of thiophene rings is 1. The van der Waals surface area contributed by atoms with Crippen molar-refractivity contribution in [2.45, 2.75) is 46.6 Å². The van der Waals surface area contributed by atoms with Crippen LogP contribution >= 0.6 is 11.3 Å². The Balaban J connectivity index is 2.69. The molecule has 20 heavy (non-hydrogen) atoms. The summed E-state index contributed by atoms with van der Waals surface area (Å²) in [7, 11) is 0. The van der Waals surface area contributed by atoms with Crippen LogP contribution in [-0.4, -0.2) is 30.4 Å². The van der Waals surface area contributed by atoms with E-state index in [1.165, 1.54) is 5.56 Å². The largest absolute Gasteiger partial charge is 0.354 e. The zero-order valence-corrected chi connectivity index (χ0v) is 14.0. The number of hydrogen-bond acceptors (Lipinski definition) is 3. The first kappa shape index (κ1) is 17.2. The Hall–Kier alpha value is -0.870. The van der Waals surface area contributed by atoms with E-state index in [1.54, 1.807) is 11.3 Å². The Morgan fingerprint density at radius 1 is 1.25 bits per heavy atom. The summed E-state index contributed by atoms with van der Waals surface area (Å²) in [6, 6.07) is 2.45. The zero-order valence-electron chi connectivity index (χ0n) is 13.2. The summed E-state index contributed by atoms with van der Waals surface area (Å²) >= 11 is 1.72. The molecule has 0 aliphatic carbocycles. The molecule has 1 atom stereocenters. The second-order valence-electron chi connectivity index (χ2n) is 5.05. The number of rotatable bonds is 9. The van der Waals surface area contributed by atoms with E-state index in [0.29, 0.717) is 6.54 Å². The molecule has 1 heterocycles. The van der Waals surface area contributed by atoms with Crippen molar-refractivity contribution in [3.05, 3.63) is 22.4 Å². The molecular weight excluding hydrogens is 268 g/mol. The highest BCUT2D eigenvalue weighted by Crippen LogP contribution is 2.22. The lowest BCUT2D eigenvalue weighted by Gasteiger charge is -2.30. The smallest absolute Gasteiger partial charge is 0.223 e. The predicted octanol–water partition coefficient (Wildman–Crippen LogP) is 3.68. The van der Waals surface area contributed by atoms with Gasteiger partial charge in [-0.3, -0.25) is 9.69 Å². The highest BCUT2D eigenvalue weighted by molar-refractivity contribution is 7.07. The summed E-state index contributed by atoms with van der Waals surface area (Å²) in [4.78, 5) is 14.5. The third kappa shape index (κ3) is 4.60. The lowest BCUT2D eigenvalue weighted by Crippen LogP contribution is -2.39. The van der Waals surface area contributed by atoms with E-state index in [1.807, 2.05) is 0 Å². The SMILES string of the molecule is CCC(CC)C(=O)NCC(c1ccsc1)N(CC)CC. The number of nitrogens with one attached hydrogen (secondary N) is 1. The van der Waals surface area contributed by atoms with Gasteiger partial charge in [0, 0.05) is 12.5 Å². The van der Waals surface area contributed by atoms with Crippen LogP contribution in [0, 0.1) is 5.92 Å². The summed E-state index contributed by atoms with van der Waals surface area (Å²) < 4.78 is 0. The Bertz CT molecular complexity index is 370. The first-order valence-corrected chi connectivity index (χ1v) is 8.65. The van der Waals surface area contributed by atoms with Crippen molar-refractivity contribution in [2.75, 3.05) is 19.6 Å². The predicted molar refractivity (Wildman–Crippen MR) is 87.1 cm³/mol. The van der Waals surface area contributed by atoms with Gasteiger partial charge in [-0.15, -0.1) is 0 Å². The van der Waals surface area contributed by atoms with Crippen LogP contribution in [0.25, 0.3) is 0 Å². The van der Waals surface area contributed by atoms with Crippen molar-refractivity contribution < 1.29 is 4.79 Å². The van der Waals surface area contributed by atoms with E-state index in [9.17, 15) is 4.79 Å². The molecule has 0 aliphatic rings. The van der Waals surface area contributed by atoms with Gasteiger partial charge in [0.05, 0.1) is 6.04 Å². The van der Waals surface area contributed by atoms with E-state index in [2.05, 4.69) is 54.7 Å². The van der Waals surface area contributed by atoms with Gasteiger partial charge >= 0.3 is 0 Å². The molecule has 1 amide bonds. The van der Waals surface area contributed by atoms with Gasteiger partial charge in [-0.1, -0.05) is 27.7 Å². The fourth-order valence-electron chi connectivity index (χ4n) is 2.59. The van der Waals surface area contributed by atoms with Gasteiger partial charge in [0.15, 0.2) is 0 Å². The van der Waals surface area contributed by atoms with Gasteiger partial charge in [-0.05, 0) is 48.3 Å². The highest BCUT2D eigenvalue weighted by Gasteiger charge is 2.21. The summed E-state index contributed by atoms with van der Waals surface area (Å²) in [6.07, 6.45) is 1.83. The van der Waals surface area contributed by atoms with E-state index < -0.39 is 0 Å². The Morgan fingerprint density at radius 3 is 2.35 bits per heavy atom. The molecule has 114 valence electrons. The van der Waals surface area contributed by atoms with Crippen LogP contribution in [0.1, 0.15) is 52.1 Å². The van der Waals surface area contributed by atoms with Crippen LogP contribution in [0.15, 0.2) is 16.8 Å². The number of carbonyl (C=O) groups is 1. The third-order valence-electron chi connectivity index (χ3n) is 4.01. The molecule has 1 rings (SSSR count). The molecule has 0 fully saturated rings. The molecule has 0 aliphatic heterocycles. The van der Waals surface area contributed by atoms with Gasteiger partial charge in [0.1, 0.15) is 0 Å². The van der Waals surface area contributed by atoms with Gasteiger partial charge < -0.3 is 5.32 Å². The summed E-state index contributed by atoms with van der Waals surface area (Å²) in [5.41, 5.74) is 1.31. The average molecular weight is 296 g/mol. The van der Waals surface area contributed by atoms with Crippen molar-refractivity contribution >= 4 is 17.2 Å². The monoisotopic (exact) mass is 296 g/mol. The molecule has 0 bridgehead atoms. The van der Waals surface area contributed by atoms with Crippen LogP contribution in [0.4, 0.5) is 0 Å². The van der Waals surface area contributed by atoms with Crippen LogP contribution in [0.5, 0.6) is 0 Å². The molecule has 1 unspecified atom stereocenters. The lowest BCUT2D eigenvalue weighted by atomic mass is 10.0. The molecule has 0 saturated heterocycles. The molecule has 1 aromatic heterocycles. The van der Waals surface area contributed by atoms with Gasteiger partial charge in [-0.2, -0.15) is 11.3 Å². The van der Waals surface area contributed by atoms with Crippen LogP contribution in [-0.2, 0) is 4.79 Å². The second-order valence-corrected chi connectivity index (χ2v) is 5.83. The number of nitrogens with zero attached hydrogens (tertiary/aromatic N) is 1. The molecule has 3 nitrogen and oxygen atoms in total. The van der Waals surface area contributed by atoms with Gasteiger partial charge in [0.25, 0.3) is 0 Å². The van der Waals surface area contributed by atoms with Crippen molar-refractivity contribution in [1.82, 2.24) is 10.2 Å². The summed E-state index contributed by atoms with van der Waals surface area (Å²) in [5.74, 6) is 0.345. The van der Waals surface area contributed by atoms with Crippen molar-refractivity contribution in [1.29, 1.82) is 0 Å². The first-order valence-electron chi connectivity index (χ1n) is 7.71. The molecule has 0 aromatic carbocycles. The topological polar surface area (TPSA) is 32.3 Å². The Kier molecular flexibility index (Phi) is 7.85. The molecule has 0 spiro atoms. The van der Waals surface area contributed by atoms with Crippen molar-refractivity contribution in [3.63, 3.8) is 0 Å². The average Bonchev–Trinajstić information content (AvgIpc) is 2.98. The Morgan fingerprint density at radius 2 is 1.90 bits per heavy atom. The van der Waals surface area contributed by atoms with Crippen LogP contribution < -0.4 is 5.32 Å². The van der Waals surface area contributed by atoms with Crippen LogP contribution in [0.3, 0.4) is 0 Å². The number of hydrogen-bond donors (Lipinski definition) is 1. The Labute approximate surface area is 127 Å². The minimum absolute atomic E-state index is 0.148. The maximum atomic E-state index is 12.2. The zero-order chi connectivity index (χ0) is 15.0. The molecule has 0 saturated carbocycles. The minimum atomic E-state index is 0.148.